The Bertz CT molecular complexity index is 559. The lowest BCUT2D eigenvalue weighted by atomic mass is 9.82. The largest absolute Gasteiger partial charge is 0.396 e. The Morgan fingerprint density at radius 2 is 1.44 bits per heavy atom. The summed E-state index contributed by atoms with van der Waals surface area (Å²) in [5.74, 6) is 3.21. The highest BCUT2D eigenvalue weighted by molar-refractivity contribution is 5.49. The molecule has 0 unspecified atom stereocenters. The van der Waals surface area contributed by atoms with Gasteiger partial charge in [-0.1, -0.05) is 44.0 Å². The summed E-state index contributed by atoms with van der Waals surface area (Å²) in [6.07, 6.45) is 11.8. The van der Waals surface area contributed by atoms with Gasteiger partial charge < -0.3 is 14.9 Å². The summed E-state index contributed by atoms with van der Waals surface area (Å²) in [6, 6.07) is 10.6. The molecule has 2 aliphatic carbocycles. The van der Waals surface area contributed by atoms with Crippen LogP contribution in [0.1, 0.15) is 57.8 Å². The first-order valence-corrected chi connectivity index (χ1v) is 11.0. The van der Waals surface area contributed by atoms with Crippen LogP contribution >= 0.6 is 0 Å². The van der Waals surface area contributed by atoms with Gasteiger partial charge >= 0.3 is 0 Å². The van der Waals surface area contributed by atoms with Crippen molar-refractivity contribution in [2.24, 2.45) is 17.8 Å². The van der Waals surface area contributed by atoms with Crippen molar-refractivity contribution in [1.29, 1.82) is 0 Å². The molecule has 150 valence electrons. The molecule has 0 radical (unpaired) electrons. The van der Waals surface area contributed by atoms with Gasteiger partial charge in [-0.25, -0.2) is 0 Å². The Kier molecular flexibility index (Phi) is 7.63. The smallest absolute Gasteiger partial charge is 0.101 e. The molecular weight excluding hydrogens is 332 g/mol. The number of rotatable bonds is 8. The summed E-state index contributed by atoms with van der Waals surface area (Å²) in [5, 5.41) is 9.43. The van der Waals surface area contributed by atoms with Gasteiger partial charge in [0.15, 0.2) is 0 Å². The molecule has 0 aliphatic heterocycles. The zero-order valence-corrected chi connectivity index (χ0v) is 17.2. The molecule has 1 aromatic carbocycles. The lowest BCUT2D eigenvalue weighted by Crippen LogP contribution is -2.40. The highest BCUT2D eigenvalue weighted by Crippen LogP contribution is 2.32. The fourth-order valence-corrected chi connectivity index (χ4v) is 4.89. The molecule has 0 heterocycles. The molecule has 0 spiro atoms. The van der Waals surface area contributed by atoms with E-state index in [2.05, 4.69) is 53.8 Å². The van der Waals surface area contributed by atoms with E-state index in [1.807, 2.05) is 0 Å². The standard InChI is InChI=1S/C24H38N2O/c1-20(25(2)24-11-7-4-8-12-24)26(17-21-9-5-3-6-10-21)18-22-13-15-23(19-27)16-14-22/h4,7-8,11-12,21-23,27H,1,3,5-6,9-10,13-19H2,2H3/t22-,23-. The van der Waals surface area contributed by atoms with E-state index >= 15 is 0 Å². The van der Waals surface area contributed by atoms with Crippen LogP contribution in [0.2, 0.25) is 0 Å². The number of hydrogen-bond acceptors (Lipinski definition) is 3. The van der Waals surface area contributed by atoms with Crippen molar-refractivity contribution < 1.29 is 5.11 Å². The predicted octanol–water partition coefficient (Wildman–Crippen LogP) is 5.28. The maximum atomic E-state index is 9.43. The zero-order valence-electron chi connectivity index (χ0n) is 17.2. The summed E-state index contributed by atoms with van der Waals surface area (Å²) >= 11 is 0. The Labute approximate surface area is 166 Å². The first-order valence-electron chi connectivity index (χ1n) is 11.0. The van der Waals surface area contributed by atoms with Gasteiger partial charge in [-0.05, 0) is 68.4 Å². The average molecular weight is 371 g/mol. The number of aliphatic hydroxyl groups is 1. The van der Waals surface area contributed by atoms with Crippen LogP contribution in [0.3, 0.4) is 0 Å². The molecule has 0 bridgehead atoms. The van der Waals surface area contributed by atoms with Gasteiger partial charge in [0.2, 0.25) is 0 Å². The van der Waals surface area contributed by atoms with E-state index in [0.717, 1.165) is 30.7 Å². The second-order valence-electron chi connectivity index (χ2n) is 8.79. The highest BCUT2D eigenvalue weighted by atomic mass is 16.3. The Balaban J connectivity index is 1.65. The third kappa shape index (κ3) is 5.75. The monoisotopic (exact) mass is 370 g/mol. The lowest BCUT2D eigenvalue weighted by molar-refractivity contribution is 0.141. The van der Waals surface area contributed by atoms with E-state index in [-0.39, 0.29) is 0 Å². The van der Waals surface area contributed by atoms with E-state index in [0.29, 0.717) is 12.5 Å². The van der Waals surface area contributed by atoms with Crippen LogP contribution in [0.25, 0.3) is 0 Å². The van der Waals surface area contributed by atoms with Crippen molar-refractivity contribution in [1.82, 2.24) is 4.90 Å². The number of para-hydroxylation sites is 1. The van der Waals surface area contributed by atoms with Gasteiger partial charge in [-0.15, -0.1) is 0 Å². The van der Waals surface area contributed by atoms with Crippen molar-refractivity contribution in [2.45, 2.75) is 57.8 Å². The molecule has 1 N–H and O–H groups in total. The fraction of sp³-hybridized carbons (Fsp3) is 0.667. The van der Waals surface area contributed by atoms with Gasteiger partial charge in [-0.3, -0.25) is 0 Å². The molecule has 0 atom stereocenters. The van der Waals surface area contributed by atoms with E-state index in [1.165, 1.54) is 63.5 Å². The van der Waals surface area contributed by atoms with Gasteiger partial charge in [0.25, 0.3) is 0 Å². The van der Waals surface area contributed by atoms with E-state index in [1.54, 1.807) is 0 Å². The number of anilines is 1. The molecule has 2 fully saturated rings. The summed E-state index contributed by atoms with van der Waals surface area (Å²) in [4.78, 5) is 4.83. The van der Waals surface area contributed by atoms with Crippen LogP contribution < -0.4 is 4.90 Å². The first-order chi connectivity index (χ1) is 13.2. The minimum atomic E-state index is 0.363. The molecular formula is C24H38N2O. The van der Waals surface area contributed by atoms with Crippen molar-refractivity contribution in [3.05, 3.63) is 42.7 Å². The molecule has 2 aliphatic rings. The quantitative estimate of drug-likeness (QED) is 0.675. The molecule has 0 amide bonds. The fourth-order valence-electron chi connectivity index (χ4n) is 4.89. The number of nitrogens with zero attached hydrogens (tertiary/aromatic N) is 2. The third-order valence-electron chi connectivity index (χ3n) is 6.80. The second kappa shape index (κ2) is 10.2. The Hall–Kier alpha value is -1.48. The van der Waals surface area contributed by atoms with Gasteiger partial charge in [-0.2, -0.15) is 0 Å². The third-order valence-corrected chi connectivity index (χ3v) is 6.80. The molecule has 1 aromatic rings. The summed E-state index contributed by atoms with van der Waals surface area (Å²) in [6.45, 7) is 7.13. The van der Waals surface area contributed by atoms with E-state index in [4.69, 9.17) is 0 Å². The maximum absolute atomic E-state index is 9.43. The minimum Gasteiger partial charge on any atom is -0.396 e. The summed E-state index contributed by atoms with van der Waals surface area (Å²) < 4.78 is 0. The molecule has 0 saturated heterocycles. The SMILES string of the molecule is C=C(N(CC1CCCCC1)C[C@H]1CC[C@H](CO)CC1)N(C)c1ccccc1. The number of benzene rings is 1. The zero-order chi connectivity index (χ0) is 19.1. The summed E-state index contributed by atoms with van der Waals surface area (Å²) in [7, 11) is 2.15. The van der Waals surface area contributed by atoms with Crippen LogP contribution in [-0.2, 0) is 0 Å². The number of aliphatic hydroxyl groups excluding tert-OH is 1. The van der Waals surface area contributed by atoms with Crippen molar-refractivity contribution in [2.75, 3.05) is 31.6 Å². The Morgan fingerprint density at radius 3 is 2.04 bits per heavy atom. The van der Waals surface area contributed by atoms with Crippen molar-refractivity contribution >= 4 is 5.69 Å². The second-order valence-corrected chi connectivity index (χ2v) is 8.79. The predicted molar refractivity (Wildman–Crippen MR) is 115 cm³/mol. The van der Waals surface area contributed by atoms with Gasteiger partial charge in [0, 0.05) is 32.4 Å². The summed E-state index contributed by atoms with van der Waals surface area (Å²) in [5.41, 5.74) is 1.21. The topological polar surface area (TPSA) is 26.7 Å². The first kappa shape index (κ1) is 20.3. The maximum Gasteiger partial charge on any atom is 0.101 e. The number of hydrogen-bond donors (Lipinski definition) is 1. The van der Waals surface area contributed by atoms with Crippen LogP contribution in [0, 0.1) is 17.8 Å². The van der Waals surface area contributed by atoms with Crippen molar-refractivity contribution in [3.63, 3.8) is 0 Å². The van der Waals surface area contributed by atoms with Gasteiger partial charge in [0.05, 0.1) is 0 Å². The lowest BCUT2D eigenvalue weighted by Gasteiger charge is -2.39. The van der Waals surface area contributed by atoms with Gasteiger partial charge in [0.1, 0.15) is 5.82 Å². The van der Waals surface area contributed by atoms with Crippen molar-refractivity contribution in [3.8, 4) is 0 Å². The normalized spacial score (nSPS) is 23.8. The molecule has 3 rings (SSSR count). The average Bonchev–Trinajstić information content (AvgIpc) is 2.74. The molecule has 0 aromatic heterocycles. The minimum absolute atomic E-state index is 0.363. The van der Waals surface area contributed by atoms with Crippen LogP contribution in [0.15, 0.2) is 42.7 Å². The molecule has 3 nitrogen and oxygen atoms in total. The highest BCUT2D eigenvalue weighted by Gasteiger charge is 2.26. The molecule has 3 heteroatoms. The van der Waals surface area contributed by atoms with E-state index < -0.39 is 0 Å². The van der Waals surface area contributed by atoms with Crippen LogP contribution in [0.4, 0.5) is 5.69 Å². The molecule has 2 saturated carbocycles. The van der Waals surface area contributed by atoms with E-state index in [9.17, 15) is 5.11 Å². The molecule has 27 heavy (non-hydrogen) atoms. The van der Waals surface area contributed by atoms with Crippen LogP contribution in [0.5, 0.6) is 0 Å². The van der Waals surface area contributed by atoms with Crippen LogP contribution in [-0.4, -0.2) is 36.8 Å². The Morgan fingerprint density at radius 1 is 0.889 bits per heavy atom.